The minimum atomic E-state index is -4.19. The number of amides is 1. The molecule has 0 saturated carbocycles. The Balaban J connectivity index is 1.95. The van der Waals surface area contributed by atoms with Gasteiger partial charge in [-0.05, 0) is 61.0 Å². The van der Waals surface area contributed by atoms with Crippen LogP contribution in [0.15, 0.2) is 71.1 Å². The zero-order valence-corrected chi connectivity index (χ0v) is 21.2. The number of benzene rings is 3. The van der Waals surface area contributed by atoms with Crippen LogP contribution in [0.2, 0.25) is 15.1 Å². The van der Waals surface area contributed by atoms with Gasteiger partial charge in [0, 0.05) is 5.02 Å². The average Bonchev–Trinajstić information content (AvgIpc) is 2.82. The molecule has 0 atom stereocenters. The third-order valence-electron chi connectivity index (χ3n) is 4.41. The second kappa shape index (κ2) is 11.5. The number of nitrogens with one attached hydrogen (secondary N) is 1. The number of carbonyl (C=O) groups is 1. The molecular formula is C24H17Cl3N2O5S. The van der Waals surface area contributed by atoms with Crippen molar-refractivity contribution >= 4 is 62.6 Å². The summed E-state index contributed by atoms with van der Waals surface area (Å²) in [6, 6.07) is 16.6. The maximum atomic E-state index is 12.7. The van der Waals surface area contributed by atoms with E-state index in [2.05, 4.69) is 5.32 Å². The minimum Gasteiger partial charge on any atom is -0.490 e. The summed E-state index contributed by atoms with van der Waals surface area (Å²) in [6.07, 6.45) is 1.26. The molecule has 3 aromatic rings. The van der Waals surface area contributed by atoms with Gasteiger partial charge in [-0.3, -0.25) is 4.79 Å². The van der Waals surface area contributed by atoms with E-state index in [1.807, 2.05) is 6.07 Å². The highest BCUT2D eigenvalue weighted by atomic mass is 35.5. The molecule has 0 bridgehead atoms. The van der Waals surface area contributed by atoms with Gasteiger partial charge in [-0.1, -0.05) is 53.0 Å². The number of halogens is 3. The smallest absolute Gasteiger partial charge is 0.339 e. The Morgan fingerprint density at radius 2 is 1.77 bits per heavy atom. The van der Waals surface area contributed by atoms with Gasteiger partial charge >= 0.3 is 10.1 Å². The Bertz CT molecular complexity index is 1440. The zero-order valence-electron chi connectivity index (χ0n) is 18.1. The molecular weight excluding hydrogens is 535 g/mol. The summed E-state index contributed by atoms with van der Waals surface area (Å²) < 4.78 is 36.1. The number of anilines is 1. The largest absolute Gasteiger partial charge is 0.490 e. The van der Waals surface area contributed by atoms with Crippen molar-refractivity contribution in [3.63, 3.8) is 0 Å². The van der Waals surface area contributed by atoms with Crippen LogP contribution in [-0.4, -0.2) is 20.9 Å². The van der Waals surface area contributed by atoms with Gasteiger partial charge in [-0.25, -0.2) is 0 Å². The van der Waals surface area contributed by atoms with Gasteiger partial charge < -0.3 is 14.2 Å². The number of nitriles is 1. The molecule has 0 spiro atoms. The molecule has 11 heteroatoms. The van der Waals surface area contributed by atoms with Crippen molar-refractivity contribution in [1.29, 1.82) is 5.26 Å². The highest BCUT2D eigenvalue weighted by molar-refractivity contribution is 7.87. The molecule has 0 unspecified atom stereocenters. The van der Waals surface area contributed by atoms with Crippen LogP contribution in [0.25, 0.3) is 6.08 Å². The second-order valence-corrected chi connectivity index (χ2v) is 9.66. The summed E-state index contributed by atoms with van der Waals surface area (Å²) in [6.45, 7) is 1.86. The van der Waals surface area contributed by atoms with Gasteiger partial charge in [0.25, 0.3) is 5.91 Å². The van der Waals surface area contributed by atoms with E-state index < -0.39 is 16.0 Å². The van der Waals surface area contributed by atoms with E-state index in [-0.39, 0.29) is 44.3 Å². The first-order valence-corrected chi connectivity index (χ1v) is 12.5. The van der Waals surface area contributed by atoms with Gasteiger partial charge in [-0.2, -0.15) is 13.7 Å². The maximum absolute atomic E-state index is 12.7. The van der Waals surface area contributed by atoms with Crippen molar-refractivity contribution in [2.24, 2.45) is 0 Å². The average molecular weight is 552 g/mol. The number of nitrogens with zero attached hydrogens (tertiary/aromatic N) is 1. The molecule has 1 amide bonds. The van der Waals surface area contributed by atoms with Gasteiger partial charge in [-0.15, -0.1) is 0 Å². The summed E-state index contributed by atoms with van der Waals surface area (Å²) in [7, 11) is -4.19. The number of hydrogen-bond donors (Lipinski definition) is 1. The summed E-state index contributed by atoms with van der Waals surface area (Å²) in [5.74, 6) is -0.942. The van der Waals surface area contributed by atoms with Crippen molar-refractivity contribution in [3.8, 4) is 17.6 Å². The molecule has 3 aromatic carbocycles. The predicted molar refractivity (Wildman–Crippen MR) is 136 cm³/mol. The first-order chi connectivity index (χ1) is 16.6. The van der Waals surface area contributed by atoms with E-state index >= 15 is 0 Å². The van der Waals surface area contributed by atoms with Gasteiger partial charge in [0.05, 0.1) is 22.3 Å². The van der Waals surface area contributed by atoms with E-state index in [9.17, 15) is 18.5 Å². The zero-order chi connectivity index (χ0) is 25.6. The molecule has 180 valence electrons. The monoisotopic (exact) mass is 550 g/mol. The van der Waals surface area contributed by atoms with E-state index in [1.165, 1.54) is 42.5 Å². The van der Waals surface area contributed by atoms with Crippen molar-refractivity contribution in [2.45, 2.75) is 11.8 Å². The molecule has 35 heavy (non-hydrogen) atoms. The number of hydrogen-bond acceptors (Lipinski definition) is 6. The molecule has 0 radical (unpaired) electrons. The molecule has 3 rings (SSSR count). The molecule has 0 aliphatic carbocycles. The van der Waals surface area contributed by atoms with Crippen molar-refractivity contribution in [1.82, 2.24) is 0 Å². The fourth-order valence-electron chi connectivity index (χ4n) is 2.86. The maximum Gasteiger partial charge on any atom is 0.339 e. The van der Waals surface area contributed by atoms with Crippen LogP contribution in [0.4, 0.5) is 5.69 Å². The van der Waals surface area contributed by atoms with Crippen molar-refractivity contribution in [3.05, 3.63) is 86.9 Å². The summed E-state index contributed by atoms with van der Waals surface area (Å²) in [5.41, 5.74) is 0.255. The molecule has 0 aliphatic rings. The number of ether oxygens (including phenoxy) is 1. The summed E-state index contributed by atoms with van der Waals surface area (Å²) >= 11 is 18.3. The van der Waals surface area contributed by atoms with E-state index in [4.69, 9.17) is 43.7 Å². The quantitative estimate of drug-likeness (QED) is 0.198. The molecule has 7 nitrogen and oxygen atoms in total. The molecule has 0 aliphatic heterocycles. The molecule has 0 aromatic heterocycles. The van der Waals surface area contributed by atoms with Crippen LogP contribution in [0, 0.1) is 11.3 Å². The third-order valence-corrected chi connectivity index (χ3v) is 6.49. The first-order valence-electron chi connectivity index (χ1n) is 9.98. The van der Waals surface area contributed by atoms with Crippen LogP contribution < -0.4 is 14.2 Å². The summed E-state index contributed by atoms with van der Waals surface area (Å²) in [4.78, 5) is 12.6. The van der Waals surface area contributed by atoms with Crippen LogP contribution in [0.1, 0.15) is 12.5 Å². The van der Waals surface area contributed by atoms with Crippen LogP contribution in [-0.2, 0) is 14.9 Å². The molecule has 0 saturated heterocycles. The Labute approximate surface area is 217 Å². The van der Waals surface area contributed by atoms with Crippen LogP contribution >= 0.6 is 34.8 Å². The van der Waals surface area contributed by atoms with E-state index in [0.29, 0.717) is 10.6 Å². The van der Waals surface area contributed by atoms with Crippen LogP contribution in [0.3, 0.4) is 0 Å². The lowest BCUT2D eigenvalue weighted by molar-refractivity contribution is -0.112. The fraction of sp³-hybridized carbons (Fsp3) is 0.0833. The highest BCUT2D eigenvalue weighted by Gasteiger charge is 2.22. The predicted octanol–water partition coefficient (Wildman–Crippen LogP) is 6.36. The second-order valence-electron chi connectivity index (χ2n) is 6.86. The van der Waals surface area contributed by atoms with Crippen LogP contribution in [0.5, 0.6) is 11.5 Å². The summed E-state index contributed by atoms with van der Waals surface area (Å²) in [5, 5.41) is 12.5. The Kier molecular flexibility index (Phi) is 8.65. The SMILES string of the molecule is CCOc1cc(/C=C(\C#N)C(=O)Nc2cc(Cl)ccc2Cl)cc(Cl)c1OS(=O)(=O)c1ccccc1. The normalized spacial score (nSPS) is 11.5. The lowest BCUT2D eigenvalue weighted by Crippen LogP contribution is -2.14. The fourth-order valence-corrected chi connectivity index (χ4v) is 4.48. The highest BCUT2D eigenvalue weighted by Crippen LogP contribution is 2.39. The first kappa shape index (κ1) is 26.4. The lowest BCUT2D eigenvalue weighted by Gasteiger charge is -2.14. The standard InChI is InChI=1S/C24H17Cl3N2O5S/c1-2-33-22-12-15(10-16(14-28)24(30)29-21-13-17(25)8-9-19(21)26)11-20(27)23(22)34-35(31,32)18-6-4-3-5-7-18/h3-13H,2H2,1H3,(H,29,30)/b16-10+. The topological polar surface area (TPSA) is 105 Å². The molecule has 0 fully saturated rings. The Morgan fingerprint density at radius 1 is 1.06 bits per heavy atom. The van der Waals surface area contributed by atoms with Gasteiger partial charge in [0.2, 0.25) is 5.75 Å². The van der Waals surface area contributed by atoms with Gasteiger partial charge in [0.15, 0.2) is 5.75 Å². The van der Waals surface area contributed by atoms with E-state index in [0.717, 1.165) is 0 Å². The number of rotatable bonds is 8. The minimum absolute atomic E-state index is 0.0151. The number of carbonyl (C=O) groups excluding carboxylic acids is 1. The van der Waals surface area contributed by atoms with Crippen molar-refractivity contribution < 1.29 is 22.1 Å². The van der Waals surface area contributed by atoms with Crippen molar-refractivity contribution in [2.75, 3.05) is 11.9 Å². The third kappa shape index (κ3) is 6.68. The molecule has 1 N–H and O–H groups in total. The Morgan fingerprint density at radius 3 is 2.43 bits per heavy atom. The van der Waals surface area contributed by atoms with Gasteiger partial charge in [0.1, 0.15) is 16.5 Å². The molecule has 0 heterocycles. The lowest BCUT2D eigenvalue weighted by atomic mass is 10.1. The Hall–Kier alpha value is -3.22. The van der Waals surface area contributed by atoms with E-state index in [1.54, 1.807) is 31.2 Å².